The van der Waals surface area contributed by atoms with Crippen molar-refractivity contribution < 1.29 is 22.7 Å². The van der Waals surface area contributed by atoms with Crippen LogP contribution in [0.15, 0.2) is 21.6 Å². The van der Waals surface area contributed by atoms with Crippen LogP contribution < -0.4 is 4.72 Å². The van der Waals surface area contributed by atoms with E-state index in [1.165, 1.54) is 12.1 Å². The van der Waals surface area contributed by atoms with Crippen molar-refractivity contribution in [2.45, 2.75) is 18.1 Å². The van der Waals surface area contributed by atoms with Crippen molar-refractivity contribution in [1.29, 1.82) is 0 Å². The van der Waals surface area contributed by atoms with Crippen molar-refractivity contribution in [1.82, 2.24) is 4.72 Å². The van der Waals surface area contributed by atoms with Crippen LogP contribution in [-0.4, -0.2) is 33.3 Å². The van der Waals surface area contributed by atoms with E-state index < -0.39 is 10.0 Å². The van der Waals surface area contributed by atoms with Crippen LogP contribution in [0.25, 0.3) is 0 Å². The average Bonchev–Trinajstić information content (AvgIpc) is 2.98. The van der Waals surface area contributed by atoms with Gasteiger partial charge in [-0.2, -0.15) is 0 Å². The summed E-state index contributed by atoms with van der Waals surface area (Å²) in [6, 6.07) is 2.77. The molecule has 6 nitrogen and oxygen atoms in total. The molecule has 1 atom stereocenters. The van der Waals surface area contributed by atoms with Crippen LogP contribution in [0.4, 0.5) is 0 Å². The van der Waals surface area contributed by atoms with E-state index in [1.807, 2.05) is 0 Å². The van der Waals surface area contributed by atoms with Crippen LogP contribution in [0.5, 0.6) is 0 Å². The topological polar surface area (TPSA) is 88.8 Å². The molecule has 96 valence electrons. The summed E-state index contributed by atoms with van der Waals surface area (Å²) < 4.78 is 36.2. The van der Waals surface area contributed by atoms with Crippen LogP contribution in [-0.2, 0) is 21.4 Å². The third-order valence-corrected chi connectivity index (χ3v) is 3.94. The molecule has 0 saturated carbocycles. The number of sulfonamides is 1. The monoisotopic (exact) mass is 261 g/mol. The van der Waals surface area contributed by atoms with E-state index >= 15 is 0 Å². The smallest absolute Gasteiger partial charge is 0.273 e. The zero-order valence-corrected chi connectivity index (χ0v) is 10.1. The summed E-state index contributed by atoms with van der Waals surface area (Å²) in [6.45, 7) is 1.30. The first-order chi connectivity index (χ1) is 8.12. The molecular formula is C10H15NO5S. The minimum absolute atomic E-state index is 0.166. The lowest BCUT2D eigenvalue weighted by molar-refractivity contribution is 0.186. The summed E-state index contributed by atoms with van der Waals surface area (Å²) in [4.78, 5) is 0. The SMILES string of the molecule is O=S(=O)(NCC1CCOC1)c1ccc(CO)o1. The third kappa shape index (κ3) is 3.06. The maximum Gasteiger partial charge on any atom is 0.273 e. The highest BCUT2D eigenvalue weighted by Crippen LogP contribution is 2.15. The van der Waals surface area contributed by atoms with Crippen molar-refractivity contribution in [2.24, 2.45) is 5.92 Å². The van der Waals surface area contributed by atoms with Gasteiger partial charge in [-0.1, -0.05) is 0 Å². The van der Waals surface area contributed by atoms with Crippen molar-refractivity contribution in [3.05, 3.63) is 17.9 Å². The molecule has 2 heterocycles. The van der Waals surface area contributed by atoms with Crippen LogP contribution in [0, 0.1) is 5.92 Å². The van der Waals surface area contributed by atoms with Gasteiger partial charge in [0, 0.05) is 13.2 Å². The van der Waals surface area contributed by atoms with Gasteiger partial charge in [-0.15, -0.1) is 0 Å². The normalized spacial score (nSPS) is 20.9. The molecule has 0 amide bonds. The molecule has 1 unspecified atom stereocenters. The van der Waals surface area contributed by atoms with Gasteiger partial charge >= 0.3 is 0 Å². The maximum atomic E-state index is 11.8. The van der Waals surface area contributed by atoms with E-state index in [-0.39, 0.29) is 23.4 Å². The molecule has 1 aliphatic rings. The second-order valence-electron chi connectivity index (χ2n) is 3.96. The minimum atomic E-state index is -3.62. The molecule has 2 N–H and O–H groups in total. The number of hydrogen-bond acceptors (Lipinski definition) is 5. The molecule has 17 heavy (non-hydrogen) atoms. The first-order valence-corrected chi connectivity index (χ1v) is 6.87. The molecule has 7 heteroatoms. The molecule has 0 radical (unpaired) electrons. The molecule has 1 aromatic heterocycles. The molecule has 0 aliphatic carbocycles. The second-order valence-corrected chi connectivity index (χ2v) is 5.66. The highest BCUT2D eigenvalue weighted by atomic mass is 32.2. The second kappa shape index (κ2) is 5.18. The Morgan fingerprint density at radius 3 is 2.88 bits per heavy atom. The molecule has 1 fully saturated rings. The third-order valence-electron chi connectivity index (χ3n) is 2.64. The quantitative estimate of drug-likeness (QED) is 0.784. The van der Waals surface area contributed by atoms with Gasteiger partial charge in [0.05, 0.1) is 6.61 Å². The number of hydrogen-bond donors (Lipinski definition) is 2. The molecule has 1 aromatic rings. The lowest BCUT2D eigenvalue weighted by atomic mass is 10.1. The standard InChI is InChI=1S/C10H15NO5S/c12-6-9-1-2-10(16-9)17(13,14)11-5-8-3-4-15-7-8/h1-2,8,11-12H,3-7H2. The largest absolute Gasteiger partial charge is 0.446 e. The van der Waals surface area contributed by atoms with E-state index in [2.05, 4.69) is 4.72 Å². The fraction of sp³-hybridized carbons (Fsp3) is 0.600. The number of rotatable bonds is 5. The van der Waals surface area contributed by atoms with E-state index in [9.17, 15) is 8.42 Å². The van der Waals surface area contributed by atoms with Crippen LogP contribution in [0.2, 0.25) is 0 Å². The fourth-order valence-electron chi connectivity index (χ4n) is 1.63. The number of aliphatic hydroxyl groups excluding tert-OH is 1. The summed E-state index contributed by atoms with van der Waals surface area (Å²) >= 11 is 0. The zero-order valence-electron chi connectivity index (χ0n) is 9.26. The van der Waals surface area contributed by atoms with Crippen LogP contribution in [0.1, 0.15) is 12.2 Å². The minimum Gasteiger partial charge on any atom is -0.446 e. The van der Waals surface area contributed by atoms with E-state index in [0.29, 0.717) is 19.8 Å². The molecule has 1 saturated heterocycles. The van der Waals surface area contributed by atoms with Crippen molar-refractivity contribution in [2.75, 3.05) is 19.8 Å². The molecule has 0 aromatic carbocycles. The van der Waals surface area contributed by atoms with Crippen molar-refractivity contribution in [3.8, 4) is 0 Å². The summed E-state index contributed by atoms with van der Waals surface area (Å²) in [7, 11) is -3.62. The van der Waals surface area contributed by atoms with Gasteiger partial charge in [0.2, 0.25) is 5.09 Å². The summed E-state index contributed by atoms with van der Waals surface area (Å²) in [5, 5.41) is 8.63. The van der Waals surface area contributed by atoms with Gasteiger partial charge in [0.1, 0.15) is 12.4 Å². The van der Waals surface area contributed by atoms with Crippen molar-refractivity contribution in [3.63, 3.8) is 0 Å². The zero-order chi connectivity index (χ0) is 12.3. The number of nitrogens with one attached hydrogen (secondary N) is 1. The van der Waals surface area contributed by atoms with E-state index in [4.69, 9.17) is 14.3 Å². The predicted molar refractivity (Wildman–Crippen MR) is 58.7 cm³/mol. The van der Waals surface area contributed by atoms with Crippen LogP contribution >= 0.6 is 0 Å². The number of aliphatic hydroxyl groups is 1. The van der Waals surface area contributed by atoms with Gasteiger partial charge in [-0.25, -0.2) is 13.1 Å². The predicted octanol–water partition coefficient (Wildman–Crippen LogP) is 0.0867. The molecule has 0 spiro atoms. The Morgan fingerprint density at radius 2 is 2.29 bits per heavy atom. The highest BCUT2D eigenvalue weighted by Gasteiger charge is 2.22. The lowest BCUT2D eigenvalue weighted by Crippen LogP contribution is -2.29. The molecule has 2 rings (SSSR count). The lowest BCUT2D eigenvalue weighted by Gasteiger charge is -2.08. The molecule has 0 bridgehead atoms. The summed E-state index contributed by atoms with van der Waals surface area (Å²) in [5.41, 5.74) is 0. The Bertz CT molecular complexity index is 461. The Labute approximate surface area is 99.6 Å². The highest BCUT2D eigenvalue weighted by molar-refractivity contribution is 7.89. The Morgan fingerprint density at radius 1 is 1.47 bits per heavy atom. The molecule has 1 aliphatic heterocycles. The van der Waals surface area contributed by atoms with E-state index in [0.717, 1.165) is 6.42 Å². The van der Waals surface area contributed by atoms with Gasteiger partial charge in [0.25, 0.3) is 10.0 Å². The summed E-state index contributed by atoms with van der Waals surface area (Å²) in [5.74, 6) is 0.451. The molecular weight excluding hydrogens is 246 g/mol. The van der Waals surface area contributed by atoms with Gasteiger partial charge in [0.15, 0.2) is 0 Å². The van der Waals surface area contributed by atoms with Gasteiger partial charge in [-0.05, 0) is 24.5 Å². The maximum absolute atomic E-state index is 11.8. The van der Waals surface area contributed by atoms with Crippen LogP contribution in [0.3, 0.4) is 0 Å². The van der Waals surface area contributed by atoms with Gasteiger partial charge < -0.3 is 14.3 Å². The number of furan rings is 1. The van der Waals surface area contributed by atoms with E-state index in [1.54, 1.807) is 0 Å². The average molecular weight is 261 g/mol. The van der Waals surface area contributed by atoms with Crippen molar-refractivity contribution >= 4 is 10.0 Å². The Balaban J connectivity index is 1.97. The summed E-state index contributed by atoms with van der Waals surface area (Å²) in [6.07, 6.45) is 0.864. The Hall–Kier alpha value is -0.890. The van der Waals surface area contributed by atoms with Gasteiger partial charge in [-0.3, -0.25) is 0 Å². The first-order valence-electron chi connectivity index (χ1n) is 5.39. The number of ether oxygens (including phenoxy) is 1. The first kappa shape index (κ1) is 12.6. The Kier molecular flexibility index (Phi) is 3.82. The fourth-order valence-corrected chi connectivity index (χ4v) is 2.69.